The van der Waals surface area contributed by atoms with E-state index in [4.69, 9.17) is 5.11 Å². The van der Waals surface area contributed by atoms with Gasteiger partial charge in [-0.3, -0.25) is 4.79 Å². The fraction of sp³-hybridized carbons (Fsp3) is 0.462. The third-order valence-electron chi connectivity index (χ3n) is 3.23. The van der Waals surface area contributed by atoms with Crippen molar-refractivity contribution in [2.75, 3.05) is 13.1 Å². The molecule has 1 aliphatic carbocycles. The number of carbonyl (C=O) groups is 1. The molecule has 0 saturated heterocycles. The maximum absolute atomic E-state index is 13.4. The Morgan fingerprint density at radius 3 is 3.00 bits per heavy atom. The fourth-order valence-corrected chi connectivity index (χ4v) is 2.43. The first-order valence-corrected chi connectivity index (χ1v) is 6.74. The molecule has 0 bridgehead atoms. The maximum atomic E-state index is 13.4. The zero-order valence-electron chi connectivity index (χ0n) is 9.83. The van der Waals surface area contributed by atoms with Crippen LogP contribution < -0.4 is 5.32 Å². The molecule has 0 spiro atoms. The zero-order valence-corrected chi connectivity index (χ0v) is 11.4. The molecule has 0 aromatic heterocycles. The van der Waals surface area contributed by atoms with Gasteiger partial charge < -0.3 is 10.4 Å². The van der Waals surface area contributed by atoms with Crippen molar-refractivity contribution in [1.29, 1.82) is 0 Å². The smallest absolute Gasteiger partial charge is 0.306 e. The van der Waals surface area contributed by atoms with Crippen molar-refractivity contribution < 1.29 is 14.3 Å². The van der Waals surface area contributed by atoms with Crippen LogP contribution in [0.1, 0.15) is 12.0 Å². The highest BCUT2D eigenvalue weighted by Gasteiger charge is 2.42. The zero-order chi connectivity index (χ0) is 13.1. The standard InChI is InChI=1S/C13H15BrFNO2/c14-10-1-2-12(15)8(5-10)3-4-16-7-9-6-11(9)13(17)18/h1-2,5,9,11,16H,3-4,6-7H2,(H,17,18). The highest BCUT2D eigenvalue weighted by Crippen LogP contribution is 2.37. The lowest BCUT2D eigenvalue weighted by Crippen LogP contribution is -2.21. The first kappa shape index (κ1) is 13.5. The number of rotatable bonds is 6. The van der Waals surface area contributed by atoms with Crippen LogP contribution in [-0.4, -0.2) is 24.2 Å². The topological polar surface area (TPSA) is 49.3 Å². The van der Waals surface area contributed by atoms with Crippen LogP contribution in [0.4, 0.5) is 4.39 Å². The van der Waals surface area contributed by atoms with Gasteiger partial charge in [0.2, 0.25) is 0 Å². The van der Waals surface area contributed by atoms with Gasteiger partial charge in [-0.15, -0.1) is 0 Å². The monoisotopic (exact) mass is 315 g/mol. The minimum absolute atomic E-state index is 0.180. The van der Waals surface area contributed by atoms with Gasteiger partial charge in [0.15, 0.2) is 0 Å². The molecule has 2 N–H and O–H groups in total. The third kappa shape index (κ3) is 3.53. The van der Waals surface area contributed by atoms with Crippen molar-refractivity contribution in [2.45, 2.75) is 12.8 Å². The molecule has 1 fully saturated rings. The molecule has 2 atom stereocenters. The summed E-state index contributed by atoms with van der Waals surface area (Å²) >= 11 is 3.31. The molecule has 0 radical (unpaired) electrons. The Morgan fingerprint density at radius 2 is 2.33 bits per heavy atom. The normalized spacial score (nSPS) is 21.9. The van der Waals surface area contributed by atoms with Gasteiger partial charge in [0.25, 0.3) is 0 Å². The van der Waals surface area contributed by atoms with E-state index in [2.05, 4.69) is 21.2 Å². The summed E-state index contributed by atoms with van der Waals surface area (Å²) in [4.78, 5) is 10.6. The Morgan fingerprint density at radius 1 is 1.56 bits per heavy atom. The Kier molecular flexibility index (Phi) is 4.35. The van der Waals surface area contributed by atoms with Crippen LogP contribution in [0.5, 0.6) is 0 Å². The molecule has 5 heteroatoms. The van der Waals surface area contributed by atoms with Crippen molar-refractivity contribution in [1.82, 2.24) is 5.32 Å². The van der Waals surface area contributed by atoms with Crippen LogP contribution in [0.25, 0.3) is 0 Å². The largest absolute Gasteiger partial charge is 0.481 e. The van der Waals surface area contributed by atoms with Crippen LogP contribution in [0.15, 0.2) is 22.7 Å². The summed E-state index contributed by atoms with van der Waals surface area (Å²) in [7, 11) is 0. The van der Waals surface area contributed by atoms with E-state index >= 15 is 0 Å². The molecule has 1 saturated carbocycles. The molecule has 2 unspecified atom stereocenters. The summed E-state index contributed by atoms with van der Waals surface area (Å²) in [6.07, 6.45) is 1.36. The summed E-state index contributed by atoms with van der Waals surface area (Å²) < 4.78 is 14.3. The lowest BCUT2D eigenvalue weighted by molar-refractivity contribution is -0.138. The average molecular weight is 316 g/mol. The van der Waals surface area contributed by atoms with E-state index < -0.39 is 5.97 Å². The number of carboxylic acid groups (broad SMARTS) is 1. The second-order valence-corrected chi connectivity index (χ2v) is 5.55. The van der Waals surface area contributed by atoms with Crippen LogP contribution in [0, 0.1) is 17.7 Å². The Bertz CT molecular complexity index is 453. The van der Waals surface area contributed by atoms with Gasteiger partial charge in [0, 0.05) is 4.47 Å². The molecular formula is C13H15BrFNO2. The number of aliphatic carboxylic acids is 1. The van der Waals surface area contributed by atoms with Crippen LogP contribution in [0.3, 0.4) is 0 Å². The van der Waals surface area contributed by atoms with E-state index in [0.29, 0.717) is 25.1 Å². The molecule has 0 amide bonds. The molecule has 3 nitrogen and oxygen atoms in total. The van der Waals surface area contributed by atoms with Gasteiger partial charge in [0.1, 0.15) is 5.82 Å². The summed E-state index contributed by atoms with van der Waals surface area (Å²) in [6.45, 7) is 1.36. The summed E-state index contributed by atoms with van der Waals surface area (Å²) in [5, 5.41) is 11.9. The first-order chi connectivity index (χ1) is 8.58. The van der Waals surface area contributed by atoms with Crippen molar-refractivity contribution in [3.63, 3.8) is 0 Å². The summed E-state index contributed by atoms with van der Waals surface area (Å²) in [6, 6.07) is 4.89. The number of benzene rings is 1. The van der Waals surface area contributed by atoms with E-state index in [1.165, 1.54) is 6.07 Å². The van der Waals surface area contributed by atoms with Gasteiger partial charge in [-0.1, -0.05) is 15.9 Å². The predicted molar refractivity (Wildman–Crippen MR) is 69.9 cm³/mol. The minimum atomic E-state index is -0.708. The van der Waals surface area contributed by atoms with Gasteiger partial charge >= 0.3 is 5.97 Å². The summed E-state index contributed by atoms with van der Waals surface area (Å²) in [5.41, 5.74) is 0.669. The molecule has 1 aliphatic rings. The van der Waals surface area contributed by atoms with E-state index in [-0.39, 0.29) is 17.7 Å². The molecule has 98 valence electrons. The molecule has 2 rings (SSSR count). The molecule has 0 aliphatic heterocycles. The number of carboxylic acids is 1. The van der Waals surface area contributed by atoms with Crippen LogP contribution >= 0.6 is 15.9 Å². The van der Waals surface area contributed by atoms with Crippen LogP contribution in [0.2, 0.25) is 0 Å². The van der Waals surface area contributed by atoms with Crippen molar-refractivity contribution in [2.24, 2.45) is 11.8 Å². The number of halogens is 2. The Hall–Kier alpha value is -0.940. The predicted octanol–water partition coefficient (Wildman–Crippen LogP) is 2.44. The van der Waals surface area contributed by atoms with Gasteiger partial charge in [-0.2, -0.15) is 0 Å². The second-order valence-electron chi connectivity index (χ2n) is 4.63. The SMILES string of the molecule is O=C(O)C1CC1CNCCc1cc(Br)ccc1F. The van der Waals surface area contributed by atoms with Crippen molar-refractivity contribution in [3.8, 4) is 0 Å². The third-order valence-corrected chi connectivity index (χ3v) is 3.72. The lowest BCUT2D eigenvalue weighted by atomic mass is 10.1. The van der Waals surface area contributed by atoms with Gasteiger partial charge in [-0.25, -0.2) is 4.39 Å². The van der Waals surface area contributed by atoms with Crippen molar-refractivity contribution >= 4 is 21.9 Å². The molecule has 1 aromatic carbocycles. The molecule has 1 aromatic rings. The van der Waals surface area contributed by atoms with E-state index in [0.717, 1.165) is 10.9 Å². The molecule has 0 heterocycles. The van der Waals surface area contributed by atoms with E-state index in [9.17, 15) is 9.18 Å². The lowest BCUT2D eigenvalue weighted by Gasteiger charge is -2.06. The first-order valence-electron chi connectivity index (χ1n) is 5.95. The fourth-order valence-electron chi connectivity index (χ4n) is 2.02. The van der Waals surface area contributed by atoms with Crippen molar-refractivity contribution in [3.05, 3.63) is 34.1 Å². The molecular weight excluding hydrogens is 301 g/mol. The van der Waals surface area contributed by atoms with Crippen LogP contribution in [-0.2, 0) is 11.2 Å². The number of nitrogens with one attached hydrogen (secondary N) is 1. The Labute approximate surface area is 114 Å². The average Bonchev–Trinajstić information content (AvgIpc) is 3.08. The van der Waals surface area contributed by atoms with E-state index in [1.807, 2.05) is 0 Å². The number of hydrogen-bond donors (Lipinski definition) is 2. The second kappa shape index (κ2) is 5.80. The molecule has 18 heavy (non-hydrogen) atoms. The highest BCUT2D eigenvalue weighted by atomic mass is 79.9. The van der Waals surface area contributed by atoms with Gasteiger partial charge in [0.05, 0.1) is 5.92 Å². The summed E-state index contributed by atoms with van der Waals surface area (Å²) in [5.74, 6) is -0.843. The maximum Gasteiger partial charge on any atom is 0.306 e. The highest BCUT2D eigenvalue weighted by molar-refractivity contribution is 9.10. The quantitative estimate of drug-likeness (QED) is 0.793. The number of hydrogen-bond acceptors (Lipinski definition) is 2. The minimum Gasteiger partial charge on any atom is -0.481 e. The van der Waals surface area contributed by atoms with Gasteiger partial charge in [-0.05, 0) is 55.6 Å². The Balaban J connectivity index is 1.70. The van der Waals surface area contributed by atoms with E-state index in [1.54, 1.807) is 12.1 Å².